The number of benzene rings is 1. The van der Waals surface area contributed by atoms with Crippen LogP contribution < -0.4 is 5.32 Å². The van der Waals surface area contributed by atoms with Crippen LogP contribution in [-0.4, -0.2) is 24.7 Å². The number of nitrogens with one attached hydrogen (secondary N) is 1. The first-order valence-corrected chi connectivity index (χ1v) is 9.30. The summed E-state index contributed by atoms with van der Waals surface area (Å²) in [7, 11) is 0. The van der Waals surface area contributed by atoms with Crippen molar-refractivity contribution in [3.8, 4) is 0 Å². The third kappa shape index (κ3) is 4.43. The van der Waals surface area contributed by atoms with Gasteiger partial charge in [0, 0.05) is 23.6 Å². The minimum absolute atomic E-state index is 0.0659. The number of furan rings is 1. The molecule has 1 aromatic heterocycles. The monoisotopic (exact) mass is 343 g/mol. The highest BCUT2D eigenvalue weighted by atomic mass is 16.5. The summed E-state index contributed by atoms with van der Waals surface area (Å²) in [5.74, 6) is 0.680. The van der Waals surface area contributed by atoms with Gasteiger partial charge in [0.2, 0.25) is 5.91 Å². The smallest absolute Gasteiger partial charge is 0.224 e. The summed E-state index contributed by atoms with van der Waals surface area (Å²) >= 11 is 0. The number of fused-ring (bicyclic) bond motifs is 1. The number of hydrogen-bond acceptors (Lipinski definition) is 3. The van der Waals surface area contributed by atoms with Gasteiger partial charge >= 0.3 is 0 Å². The first kappa shape index (κ1) is 18.0. The highest BCUT2D eigenvalue weighted by Crippen LogP contribution is 2.25. The van der Waals surface area contributed by atoms with Crippen LogP contribution in [0, 0.1) is 19.8 Å². The van der Waals surface area contributed by atoms with E-state index in [9.17, 15) is 4.79 Å². The lowest BCUT2D eigenvalue weighted by Crippen LogP contribution is -2.42. The van der Waals surface area contributed by atoms with Gasteiger partial charge in [-0.2, -0.15) is 0 Å². The highest BCUT2D eigenvalue weighted by molar-refractivity contribution is 5.88. The number of ether oxygens (including phenoxy) is 1. The van der Waals surface area contributed by atoms with Crippen LogP contribution in [0.15, 0.2) is 22.8 Å². The summed E-state index contributed by atoms with van der Waals surface area (Å²) in [4.78, 5) is 12.5. The maximum atomic E-state index is 12.5. The second-order valence-electron chi connectivity index (χ2n) is 7.78. The Balaban J connectivity index is 1.62. The van der Waals surface area contributed by atoms with E-state index in [1.54, 1.807) is 6.26 Å². The molecule has 0 bridgehead atoms. The van der Waals surface area contributed by atoms with E-state index in [0.717, 1.165) is 42.4 Å². The molecule has 0 aliphatic carbocycles. The molecule has 4 heteroatoms. The van der Waals surface area contributed by atoms with E-state index >= 15 is 0 Å². The molecular weight excluding hydrogens is 314 g/mol. The maximum absolute atomic E-state index is 12.5. The molecule has 1 saturated heterocycles. The van der Waals surface area contributed by atoms with Crippen molar-refractivity contribution in [1.82, 2.24) is 5.32 Å². The van der Waals surface area contributed by atoms with E-state index in [-0.39, 0.29) is 18.1 Å². The van der Waals surface area contributed by atoms with Crippen molar-refractivity contribution < 1.29 is 13.9 Å². The molecule has 2 aromatic rings. The maximum Gasteiger partial charge on any atom is 0.224 e. The molecule has 4 nitrogen and oxygen atoms in total. The van der Waals surface area contributed by atoms with Crippen molar-refractivity contribution in [2.24, 2.45) is 5.92 Å². The van der Waals surface area contributed by atoms with Crippen molar-refractivity contribution in [2.75, 3.05) is 6.61 Å². The average Bonchev–Trinajstić information content (AvgIpc) is 2.89. The van der Waals surface area contributed by atoms with Gasteiger partial charge in [0.25, 0.3) is 0 Å². The van der Waals surface area contributed by atoms with Crippen LogP contribution in [0.25, 0.3) is 11.0 Å². The number of carbonyl (C=O) groups excluding carboxylic acids is 1. The third-order valence-corrected chi connectivity index (χ3v) is 5.09. The van der Waals surface area contributed by atoms with Crippen molar-refractivity contribution in [2.45, 2.75) is 65.5 Å². The van der Waals surface area contributed by atoms with Crippen LogP contribution >= 0.6 is 0 Å². The van der Waals surface area contributed by atoms with Gasteiger partial charge in [0.1, 0.15) is 5.58 Å². The summed E-state index contributed by atoms with van der Waals surface area (Å²) in [6.07, 6.45) is 5.20. The minimum Gasteiger partial charge on any atom is -0.464 e. The molecule has 1 N–H and O–H groups in total. The number of amides is 1. The summed E-state index contributed by atoms with van der Waals surface area (Å²) in [5, 5.41) is 4.23. The molecule has 0 radical (unpaired) electrons. The van der Waals surface area contributed by atoms with Crippen molar-refractivity contribution in [1.29, 1.82) is 0 Å². The molecule has 3 rings (SSSR count). The first-order valence-electron chi connectivity index (χ1n) is 9.30. The second kappa shape index (κ2) is 7.61. The Morgan fingerprint density at radius 1 is 1.28 bits per heavy atom. The quantitative estimate of drug-likeness (QED) is 0.880. The van der Waals surface area contributed by atoms with Crippen molar-refractivity contribution in [3.05, 3.63) is 35.1 Å². The molecule has 136 valence electrons. The summed E-state index contributed by atoms with van der Waals surface area (Å²) in [6.45, 7) is 9.30. The molecule has 1 aliphatic rings. The lowest BCUT2D eigenvalue weighted by atomic mass is 9.96. The predicted octanol–water partition coefficient (Wildman–Crippen LogP) is 4.30. The highest BCUT2D eigenvalue weighted by Gasteiger charge is 2.24. The van der Waals surface area contributed by atoms with Gasteiger partial charge < -0.3 is 14.5 Å². The molecule has 1 aromatic carbocycles. The van der Waals surface area contributed by atoms with Gasteiger partial charge in [0.15, 0.2) is 0 Å². The Labute approximate surface area is 149 Å². The average molecular weight is 343 g/mol. The van der Waals surface area contributed by atoms with E-state index < -0.39 is 0 Å². The van der Waals surface area contributed by atoms with Crippen molar-refractivity contribution >= 4 is 16.9 Å². The van der Waals surface area contributed by atoms with E-state index in [2.05, 4.69) is 39.1 Å². The van der Waals surface area contributed by atoms with Gasteiger partial charge in [-0.25, -0.2) is 0 Å². The topological polar surface area (TPSA) is 51.5 Å². The Morgan fingerprint density at radius 2 is 2.04 bits per heavy atom. The van der Waals surface area contributed by atoms with E-state index in [4.69, 9.17) is 9.15 Å². The number of hydrogen-bond donors (Lipinski definition) is 1. The summed E-state index contributed by atoms with van der Waals surface area (Å²) in [6, 6.07) is 4.37. The molecule has 1 aliphatic heterocycles. The molecule has 2 heterocycles. The predicted molar refractivity (Wildman–Crippen MR) is 99.8 cm³/mol. The largest absolute Gasteiger partial charge is 0.464 e. The molecular formula is C21H29NO3. The fraction of sp³-hybridized carbons (Fsp3) is 0.571. The Bertz CT molecular complexity index is 747. The molecule has 2 atom stereocenters. The van der Waals surface area contributed by atoms with Crippen LogP contribution in [0.1, 0.15) is 49.8 Å². The number of carbonyl (C=O) groups is 1. The molecule has 2 unspecified atom stereocenters. The Hall–Kier alpha value is -1.81. The van der Waals surface area contributed by atoms with Crippen LogP contribution in [0.5, 0.6) is 0 Å². The zero-order chi connectivity index (χ0) is 18.0. The molecule has 25 heavy (non-hydrogen) atoms. The number of rotatable bonds is 5. The summed E-state index contributed by atoms with van der Waals surface area (Å²) in [5.41, 5.74) is 4.24. The van der Waals surface area contributed by atoms with Crippen LogP contribution in [0.3, 0.4) is 0 Å². The normalized spacial score (nSPS) is 21.0. The van der Waals surface area contributed by atoms with Crippen LogP contribution in [0.2, 0.25) is 0 Å². The molecule has 1 fully saturated rings. The third-order valence-electron chi connectivity index (χ3n) is 5.09. The van der Waals surface area contributed by atoms with E-state index in [1.807, 2.05) is 6.07 Å². The fourth-order valence-electron chi connectivity index (χ4n) is 3.63. The van der Waals surface area contributed by atoms with Gasteiger partial charge in [-0.1, -0.05) is 13.8 Å². The zero-order valence-corrected chi connectivity index (χ0v) is 15.7. The van der Waals surface area contributed by atoms with Gasteiger partial charge in [0.05, 0.1) is 18.8 Å². The Morgan fingerprint density at radius 3 is 2.80 bits per heavy atom. The lowest BCUT2D eigenvalue weighted by Gasteiger charge is -2.31. The van der Waals surface area contributed by atoms with Gasteiger partial charge in [-0.3, -0.25) is 4.79 Å². The van der Waals surface area contributed by atoms with Crippen LogP contribution in [-0.2, 0) is 16.0 Å². The lowest BCUT2D eigenvalue weighted by molar-refractivity contribution is -0.122. The zero-order valence-electron chi connectivity index (χ0n) is 15.7. The molecule has 0 saturated carbocycles. The summed E-state index contributed by atoms with van der Waals surface area (Å²) < 4.78 is 11.5. The van der Waals surface area contributed by atoms with Gasteiger partial charge in [-0.05, 0) is 62.3 Å². The molecule has 0 spiro atoms. The minimum atomic E-state index is 0.0659. The van der Waals surface area contributed by atoms with Crippen molar-refractivity contribution in [3.63, 3.8) is 0 Å². The Kier molecular flexibility index (Phi) is 5.48. The number of aryl methyl sites for hydroxylation is 2. The van der Waals surface area contributed by atoms with Gasteiger partial charge in [-0.15, -0.1) is 0 Å². The second-order valence-corrected chi connectivity index (χ2v) is 7.78. The SMILES string of the molecule is Cc1cc2occ(CC(=O)NC3CCOC(CC(C)C)C3)c2cc1C. The molecule has 1 amide bonds. The fourth-order valence-corrected chi connectivity index (χ4v) is 3.63. The van der Waals surface area contributed by atoms with E-state index in [1.165, 1.54) is 11.1 Å². The van der Waals surface area contributed by atoms with Crippen LogP contribution in [0.4, 0.5) is 0 Å². The standard InChI is InChI=1S/C21H29NO3/c1-13(2)7-18-11-17(5-6-24-18)22-21(23)10-16-12-25-20-9-15(4)14(3)8-19(16)20/h8-9,12-13,17-18H,5-7,10-11H2,1-4H3,(H,22,23). The first-order chi connectivity index (χ1) is 11.9. The van der Waals surface area contributed by atoms with E-state index in [0.29, 0.717) is 12.3 Å².